The average molecular weight is 356 g/mol. The molecule has 0 spiro atoms. The minimum absolute atomic E-state index is 0.129. The number of halogens is 2. The van der Waals surface area contributed by atoms with Crippen molar-refractivity contribution >= 4 is 33.2 Å². The van der Waals surface area contributed by atoms with Crippen LogP contribution in [0.25, 0.3) is 0 Å². The number of benzene rings is 2. The van der Waals surface area contributed by atoms with E-state index in [1.807, 2.05) is 30.3 Å². The van der Waals surface area contributed by atoms with Gasteiger partial charge in [-0.05, 0) is 43.0 Å². The first-order valence-corrected chi connectivity index (χ1v) is 9.21. The minimum atomic E-state index is -3.66. The topological polar surface area (TPSA) is 46.2 Å². The molecule has 2 aromatic carbocycles. The molecule has 0 bridgehead atoms. The molecule has 1 aliphatic carbocycles. The fraction of sp³-hybridized carbons (Fsp3) is 0.250. The normalized spacial score (nSPS) is 17.0. The Morgan fingerprint density at radius 1 is 0.955 bits per heavy atom. The second kappa shape index (κ2) is 5.85. The zero-order valence-electron chi connectivity index (χ0n) is 11.7. The van der Waals surface area contributed by atoms with Crippen molar-refractivity contribution in [1.29, 1.82) is 0 Å². The van der Waals surface area contributed by atoms with Crippen molar-refractivity contribution in [2.45, 2.75) is 29.7 Å². The molecule has 0 amide bonds. The molecule has 6 heteroatoms. The van der Waals surface area contributed by atoms with Crippen LogP contribution in [0.15, 0.2) is 53.4 Å². The predicted octanol–water partition coefficient (Wildman–Crippen LogP) is 4.35. The summed E-state index contributed by atoms with van der Waals surface area (Å²) in [6, 6.07) is 14.0. The van der Waals surface area contributed by atoms with Gasteiger partial charge in [-0.15, -0.1) is 0 Å². The van der Waals surface area contributed by atoms with Crippen LogP contribution in [0.3, 0.4) is 0 Å². The highest BCUT2D eigenvalue weighted by Gasteiger charge is 2.42. The van der Waals surface area contributed by atoms with Gasteiger partial charge in [0.15, 0.2) is 0 Å². The maximum atomic E-state index is 12.7. The lowest BCUT2D eigenvalue weighted by Crippen LogP contribution is -2.50. The summed E-state index contributed by atoms with van der Waals surface area (Å²) >= 11 is 11.8. The molecule has 1 saturated carbocycles. The maximum absolute atomic E-state index is 12.7. The molecule has 2 aromatic rings. The molecule has 0 radical (unpaired) electrons. The third kappa shape index (κ3) is 2.88. The van der Waals surface area contributed by atoms with Gasteiger partial charge in [0.1, 0.15) is 0 Å². The maximum Gasteiger partial charge on any atom is 0.241 e. The van der Waals surface area contributed by atoms with Crippen molar-refractivity contribution in [2.24, 2.45) is 0 Å². The molecule has 3 nitrogen and oxygen atoms in total. The largest absolute Gasteiger partial charge is 0.241 e. The monoisotopic (exact) mass is 355 g/mol. The van der Waals surface area contributed by atoms with E-state index in [0.717, 1.165) is 24.8 Å². The highest BCUT2D eigenvalue weighted by Crippen LogP contribution is 2.42. The Morgan fingerprint density at radius 2 is 1.64 bits per heavy atom. The molecule has 0 aliphatic heterocycles. The highest BCUT2D eigenvalue weighted by molar-refractivity contribution is 7.89. The number of hydrogen-bond donors (Lipinski definition) is 1. The lowest BCUT2D eigenvalue weighted by Gasteiger charge is -2.42. The molecule has 0 atom stereocenters. The second-order valence-corrected chi connectivity index (χ2v) is 7.98. The highest BCUT2D eigenvalue weighted by atomic mass is 35.5. The van der Waals surface area contributed by atoms with Crippen molar-refractivity contribution in [3.8, 4) is 0 Å². The van der Waals surface area contributed by atoms with Gasteiger partial charge in [0.2, 0.25) is 10.0 Å². The van der Waals surface area contributed by atoms with Gasteiger partial charge in [-0.2, -0.15) is 0 Å². The van der Waals surface area contributed by atoms with E-state index in [1.165, 1.54) is 18.2 Å². The van der Waals surface area contributed by atoms with Gasteiger partial charge in [0, 0.05) is 0 Å². The Bertz CT molecular complexity index is 787. The van der Waals surface area contributed by atoms with E-state index in [0.29, 0.717) is 5.02 Å². The lowest BCUT2D eigenvalue weighted by molar-refractivity contribution is 0.224. The van der Waals surface area contributed by atoms with Gasteiger partial charge >= 0.3 is 0 Å². The minimum Gasteiger partial charge on any atom is -0.207 e. The number of nitrogens with one attached hydrogen (secondary N) is 1. The summed E-state index contributed by atoms with van der Waals surface area (Å²) in [6.07, 6.45) is 2.58. The van der Waals surface area contributed by atoms with Crippen LogP contribution in [-0.4, -0.2) is 8.42 Å². The van der Waals surface area contributed by atoms with Crippen LogP contribution in [0.2, 0.25) is 10.0 Å². The number of rotatable bonds is 4. The quantitative estimate of drug-likeness (QED) is 0.885. The molecular weight excluding hydrogens is 341 g/mol. The van der Waals surface area contributed by atoms with Crippen LogP contribution in [0.1, 0.15) is 24.8 Å². The Kier molecular flexibility index (Phi) is 4.21. The molecule has 1 N–H and O–H groups in total. The van der Waals surface area contributed by atoms with Crippen LogP contribution < -0.4 is 4.72 Å². The Hall–Kier alpha value is -1.07. The van der Waals surface area contributed by atoms with Crippen molar-refractivity contribution in [1.82, 2.24) is 4.72 Å². The van der Waals surface area contributed by atoms with Crippen molar-refractivity contribution in [3.63, 3.8) is 0 Å². The standard InChI is InChI=1S/C16H15Cl2NO2S/c17-14-8-7-13(11-15(14)18)22(20,21)19-16(9-4-10-16)12-5-2-1-3-6-12/h1-3,5-8,11,19H,4,9-10H2. The van der Waals surface area contributed by atoms with Crippen LogP contribution >= 0.6 is 23.2 Å². The van der Waals surface area contributed by atoms with Crippen LogP contribution in [0.5, 0.6) is 0 Å². The van der Waals surface area contributed by atoms with Crippen molar-refractivity contribution < 1.29 is 8.42 Å². The van der Waals surface area contributed by atoms with E-state index >= 15 is 0 Å². The molecule has 116 valence electrons. The molecule has 22 heavy (non-hydrogen) atoms. The van der Waals surface area contributed by atoms with Gasteiger partial charge in [-0.25, -0.2) is 13.1 Å². The summed E-state index contributed by atoms with van der Waals surface area (Å²) < 4.78 is 28.2. The first-order chi connectivity index (χ1) is 10.4. The van der Waals surface area contributed by atoms with E-state index in [4.69, 9.17) is 23.2 Å². The fourth-order valence-corrected chi connectivity index (χ4v) is 4.53. The molecule has 3 rings (SSSR count). The molecule has 0 heterocycles. The van der Waals surface area contributed by atoms with E-state index < -0.39 is 15.6 Å². The third-order valence-corrected chi connectivity index (χ3v) is 6.34. The van der Waals surface area contributed by atoms with Crippen molar-refractivity contribution in [3.05, 3.63) is 64.1 Å². The zero-order chi connectivity index (χ0) is 15.8. The predicted molar refractivity (Wildman–Crippen MR) is 88.8 cm³/mol. The first kappa shape index (κ1) is 15.8. The van der Waals surface area contributed by atoms with Gasteiger partial charge in [-0.1, -0.05) is 53.5 Å². The van der Waals surface area contributed by atoms with Gasteiger partial charge in [-0.3, -0.25) is 0 Å². The van der Waals surface area contributed by atoms with E-state index in [-0.39, 0.29) is 9.92 Å². The first-order valence-electron chi connectivity index (χ1n) is 6.98. The molecule has 1 aliphatic rings. The molecule has 0 saturated heterocycles. The van der Waals surface area contributed by atoms with Crippen molar-refractivity contribution in [2.75, 3.05) is 0 Å². The third-order valence-electron chi connectivity index (χ3n) is 4.06. The molecule has 0 aromatic heterocycles. The van der Waals surface area contributed by atoms with Crippen LogP contribution in [-0.2, 0) is 15.6 Å². The molecular formula is C16H15Cl2NO2S. The summed E-state index contributed by atoms with van der Waals surface area (Å²) in [5.41, 5.74) is 0.469. The summed E-state index contributed by atoms with van der Waals surface area (Å²) in [4.78, 5) is 0.129. The van der Waals surface area contributed by atoms with Crippen LogP contribution in [0.4, 0.5) is 0 Å². The molecule has 1 fully saturated rings. The number of sulfonamides is 1. The van der Waals surface area contributed by atoms with E-state index in [9.17, 15) is 8.42 Å². The van der Waals surface area contributed by atoms with E-state index in [1.54, 1.807) is 0 Å². The smallest absolute Gasteiger partial charge is 0.207 e. The average Bonchev–Trinajstić information content (AvgIpc) is 2.46. The van der Waals surface area contributed by atoms with Gasteiger partial charge < -0.3 is 0 Å². The summed E-state index contributed by atoms with van der Waals surface area (Å²) in [6.45, 7) is 0. The molecule has 0 unspecified atom stereocenters. The number of hydrogen-bond acceptors (Lipinski definition) is 2. The fourth-order valence-electron chi connectivity index (χ4n) is 2.70. The van der Waals surface area contributed by atoms with Gasteiger partial charge in [0.05, 0.1) is 20.5 Å². The summed E-state index contributed by atoms with van der Waals surface area (Å²) in [5, 5.41) is 0.564. The second-order valence-electron chi connectivity index (χ2n) is 5.48. The van der Waals surface area contributed by atoms with Gasteiger partial charge in [0.25, 0.3) is 0 Å². The Labute approximate surface area is 140 Å². The Morgan fingerprint density at radius 3 is 2.18 bits per heavy atom. The lowest BCUT2D eigenvalue weighted by atomic mass is 9.73. The Balaban J connectivity index is 1.94. The van der Waals surface area contributed by atoms with Crippen LogP contribution in [0, 0.1) is 0 Å². The summed E-state index contributed by atoms with van der Waals surface area (Å²) in [7, 11) is -3.66. The SMILES string of the molecule is O=S(=O)(NC1(c2ccccc2)CCC1)c1ccc(Cl)c(Cl)c1. The zero-order valence-corrected chi connectivity index (χ0v) is 14.0. The van der Waals surface area contributed by atoms with E-state index in [2.05, 4.69) is 4.72 Å². The summed E-state index contributed by atoms with van der Waals surface area (Å²) in [5.74, 6) is 0.